The van der Waals surface area contributed by atoms with Gasteiger partial charge in [-0.1, -0.05) is 0 Å². The van der Waals surface area contributed by atoms with E-state index < -0.39 is 11.9 Å². The molecule has 0 spiro atoms. The van der Waals surface area contributed by atoms with Crippen molar-refractivity contribution >= 4 is 23.3 Å². The van der Waals surface area contributed by atoms with Crippen LogP contribution in [0.1, 0.15) is 22.4 Å². The van der Waals surface area contributed by atoms with E-state index in [9.17, 15) is 9.59 Å². The molecule has 0 atom stereocenters. The highest BCUT2D eigenvalue weighted by Crippen LogP contribution is 2.10. The molecule has 1 N–H and O–H groups in total. The van der Waals surface area contributed by atoms with Gasteiger partial charge in [-0.05, 0) is 6.92 Å². The number of thiazole rings is 1. The maximum atomic E-state index is 11.0. The van der Waals surface area contributed by atoms with Gasteiger partial charge in [0.2, 0.25) is 5.01 Å². The molecule has 5 nitrogen and oxygen atoms in total. The zero-order valence-electron chi connectivity index (χ0n) is 7.52. The maximum absolute atomic E-state index is 11.0. The van der Waals surface area contributed by atoms with Crippen LogP contribution in [0.2, 0.25) is 0 Å². The Labute approximate surface area is 84.3 Å². The number of esters is 1. The molecule has 1 aromatic rings. The molecule has 0 aliphatic rings. The van der Waals surface area contributed by atoms with Crippen LogP contribution in [0.25, 0.3) is 0 Å². The standard InChI is InChI=1S/C8H9NO4S/c1-2-13-6(10)3-5-4-14-7(9-5)8(11)12/h4H,2-3H2,1H3,(H,11,12). The second-order valence-corrected chi connectivity index (χ2v) is 3.29. The summed E-state index contributed by atoms with van der Waals surface area (Å²) in [6.07, 6.45) is 0.0254. The normalized spacial score (nSPS) is 9.79. The van der Waals surface area contributed by atoms with Crippen LogP contribution in [0.5, 0.6) is 0 Å². The van der Waals surface area contributed by atoms with Gasteiger partial charge < -0.3 is 9.84 Å². The van der Waals surface area contributed by atoms with Gasteiger partial charge in [0.25, 0.3) is 0 Å². The van der Waals surface area contributed by atoms with E-state index >= 15 is 0 Å². The molecule has 1 aromatic heterocycles. The fraction of sp³-hybridized carbons (Fsp3) is 0.375. The van der Waals surface area contributed by atoms with Gasteiger partial charge in [0.1, 0.15) is 0 Å². The van der Waals surface area contributed by atoms with Gasteiger partial charge in [0.15, 0.2) is 0 Å². The molecule has 0 aliphatic carbocycles. The minimum Gasteiger partial charge on any atom is -0.476 e. The Kier molecular flexibility index (Phi) is 3.58. The topological polar surface area (TPSA) is 76.5 Å². The number of carbonyl (C=O) groups excluding carboxylic acids is 1. The van der Waals surface area contributed by atoms with Crippen LogP contribution in [-0.4, -0.2) is 28.6 Å². The van der Waals surface area contributed by atoms with Crippen LogP contribution in [-0.2, 0) is 16.0 Å². The van der Waals surface area contributed by atoms with Gasteiger partial charge in [-0.15, -0.1) is 11.3 Å². The number of hydrogen-bond donors (Lipinski definition) is 1. The van der Waals surface area contributed by atoms with Crippen molar-refractivity contribution < 1.29 is 19.4 Å². The third-order valence-electron chi connectivity index (χ3n) is 1.37. The first kappa shape index (κ1) is 10.6. The Bertz CT molecular complexity index is 347. The highest BCUT2D eigenvalue weighted by Gasteiger charge is 2.11. The van der Waals surface area contributed by atoms with Crippen LogP contribution in [0.4, 0.5) is 0 Å². The Morgan fingerprint density at radius 3 is 2.86 bits per heavy atom. The summed E-state index contributed by atoms with van der Waals surface area (Å²) in [4.78, 5) is 25.2. The Hall–Kier alpha value is -1.43. The Morgan fingerprint density at radius 2 is 2.36 bits per heavy atom. The van der Waals surface area contributed by atoms with Crippen molar-refractivity contribution in [3.8, 4) is 0 Å². The van der Waals surface area contributed by atoms with E-state index in [1.807, 2.05) is 0 Å². The third-order valence-corrected chi connectivity index (χ3v) is 2.24. The lowest BCUT2D eigenvalue weighted by molar-refractivity contribution is -0.142. The average molecular weight is 215 g/mol. The van der Waals surface area contributed by atoms with Gasteiger partial charge in [-0.25, -0.2) is 9.78 Å². The number of carboxylic acids is 1. The lowest BCUT2D eigenvalue weighted by atomic mass is 10.3. The van der Waals surface area contributed by atoms with Crippen molar-refractivity contribution in [3.05, 3.63) is 16.1 Å². The molecule has 1 heterocycles. The van der Waals surface area contributed by atoms with E-state index in [2.05, 4.69) is 4.98 Å². The monoisotopic (exact) mass is 215 g/mol. The highest BCUT2D eigenvalue weighted by atomic mass is 32.1. The summed E-state index contributed by atoms with van der Waals surface area (Å²) in [7, 11) is 0. The molecule has 0 radical (unpaired) electrons. The van der Waals surface area contributed by atoms with Crippen LogP contribution < -0.4 is 0 Å². The molecular formula is C8H9NO4S. The third kappa shape index (κ3) is 2.81. The number of ether oxygens (including phenoxy) is 1. The molecule has 0 amide bonds. The summed E-state index contributed by atoms with van der Waals surface area (Å²) in [6.45, 7) is 2.02. The number of hydrogen-bond acceptors (Lipinski definition) is 5. The quantitative estimate of drug-likeness (QED) is 0.756. The smallest absolute Gasteiger partial charge is 0.365 e. The molecular weight excluding hydrogens is 206 g/mol. The summed E-state index contributed by atoms with van der Waals surface area (Å²) < 4.78 is 4.69. The number of aromatic nitrogens is 1. The molecule has 0 unspecified atom stereocenters. The second kappa shape index (κ2) is 4.71. The van der Waals surface area contributed by atoms with Crippen LogP contribution in [0.15, 0.2) is 5.38 Å². The molecule has 0 fully saturated rings. The summed E-state index contributed by atoms with van der Waals surface area (Å²) in [6, 6.07) is 0. The Balaban J connectivity index is 2.59. The van der Waals surface area contributed by atoms with E-state index in [1.54, 1.807) is 12.3 Å². The minimum absolute atomic E-state index is 0.00991. The Morgan fingerprint density at radius 1 is 1.64 bits per heavy atom. The largest absolute Gasteiger partial charge is 0.476 e. The second-order valence-electron chi connectivity index (χ2n) is 2.43. The van der Waals surface area contributed by atoms with E-state index in [0.717, 1.165) is 11.3 Å². The minimum atomic E-state index is -1.08. The zero-order valence-corrected chi connectivity index (χ0v) is 8.34. The number of aromatic carboxylic acids is 1. The van der Waals surface area contributed by atoms with E-state index in [4.69, 9.17) is 9.84 Å². The van der Waals surface area contributed by atoms with Crippen LogP contribution >= 0.6 is 11.3 Å². The van der Waals surface area contributed by atoms with Gasteiger partial charge >= 0.3 is 11.9 Å². The molecule has 0 saturated carbocycles. The number of nitrogens with zero attached hydrogens (tertiary/aromatic N) is 1. The van der Waals surface area contributed by atoms with Crippen molar-refractivity contribution in [1.82, 2.24) is 4.98 Å². The molecule has 14 heavy (non-hydrogen) atoms. The molecule has 0 aliphatic heterocycles. The van der Waals surface area contributed by atoms with E-state index in [1.165, 1.54) is 0 Å². The highest BCUT2D eigenvalue weighted by molar-refractivity contribution is 7.11. The predicted molar refractivity (Wildman–Crippen MR) is 49.4 cm³/mol. The molecule has 1 rings (SSSR count). The zero-order chi connectivity index (χ0) is 10.6. The molecule has 6 heteroatoms. The molecule has 0 saturated heterocycles. The predicted octanol–water partition coefficient (Wildman–Crippen LogP) is 0.947. The van der Waals surface area contributed by atoms with Crippen molar-refractivity contribution in [2.75, 3.05) is 6.61 Å². The average Bonchev–Trinajstić information content (AvgIpc) is 2.53. The van der Waals surface area contributed by atoms with Crippen molar-refractivity contribution in [1.29, 1.82) is 0 Å². The summed E-state index contributed by atoms with van der Waals surface area (Å²) in [5.41, 5.74) is 0.436. The van der Waals surface area contributed by atoms with E-state index in [0.29, 0.717) is 12.3 Å². The first-order valence-electron chi connectivity index (χ1n) is 3.96. The SMILES string of the molecule is CCOC(=O)Cc1csc(C(=O)O)n1. The fourth-order valence-electron chi connectivity index (χ4n) is 0.846. The van der Waals surface area contributed by atoms with Gasteiger partial charge in [0.05, 0.1) is 18.7 Å². The van der Waals surface area contributed by atoms with Gasteiger partial charge in [0, 0.05) is 5.38 Å². The first-order chi connectivity index (χ1) is 6.63. The molecule has 0 aromatic carbocycles. The summed E-state index contributed by atoms with van der Waals surface area (Å²) in [5.74, 6) is -1.47. The molecule has 0 bridgehead atoms. The lowest BCUT2D eigenvalue weighted by Gasteiger charge is -1.97. The summed E-state index contributed by atoms with van der Waals surface area (Å²) in [5, 5.41) is 10.1. The van der Waals surface area contributed by atoms with Crippen LogP contribution in [0.3, 0.4) is 0 Å². The van der Waals surface area contributed by atoms with Gasteiger partial charge in [-0.2, -0.15) is 0 Å². The van der Waals surface area contributed by atoms with E-state index in [-0.39, 0.29) is 11.4 Å². The van der Waals surface area contributed by atoms with Crippen molar-refractivity contribution in [3.63, 3.8) is 0 Å². The van der Waals surface area contributed by atoms with Crippen molar-refractivity contribution in [2.24, 2.45) is 0 Å². The number of carbonyl (C=O) groups is 2. The molecule has 76 valence electrons. The number of rotatable bonds is 4. The fourth-order valence-corrected chi connectivity index (χ4v) is 1.50. The van der Waals surface area contributed by atoms with Crippen LogP contribution in [0, 0.1) is 0 Å². The lowest BCUT2D eigenvalue weighted by Crippen LogP contribution is -2.08. The van der Waals surface area contributed by atoms with Gasteiger partial charge in [-0.3, -0.25) is 4.79 Å². The first-order valence-corrected chi connectivity index (χ1v) is 4.84. The number of carboxylic acid groups (broad SMARTS) is 1. The maximum Gasteiger partial charge on any atom is 0.365 e. The summed E-state index contributed by atoms with van der Waals surface area (Å²) >= 11 is 0.999. The van der Waals surface area contributed by atoms with Crippen molar-refractivity contribution in [2.45, 2.75) is 13.3 Å².